The minimum absolute atomic E-state index is 0.203. The van der Waals surface area contributed by atoms with Gasteiger partial charge in [-0.3, -0.25) is 14.5 Å². The number of carbonyl (C=O) groups excluding carboxylic acids is 2. The molecule has 7 heteroatoms. The quantitative estimate of drug-likeness (QED) is 0.364. The molecule has 0 bridgehead atoms. The van der Waals surface area contributed by atoms with Crippen molar-refractivity contribution >= 4 is 23.6 Å². The monoisotopic (exact) mass is 392 g/mol. The lowest BCUT2D eigenvalue weighted by molar-refractivity contribution is 0.0655. The van der Waals surface area contributed by atoms with Crippen molar-refractivity contribution in [3.63, 3.8) is 0 Å². The highest BCUT2D eigenvalue weighted by atomic mass is 32.2. The maximum Gasteiger partial charge on any atom is 0.261 e. The predicted octanol–water partition coefficient (Wildman–Crippen LogP) is 3.57. The summed E-state index contributed by atoms with van der Waals surface area (Å²) in [5.74, 6) is 1.17. The van der Waals surface area contributed by atoms with Gasteiger partial charge in [-0.05, 0) is 31.0 Å². The number of benzene rings is 2. The van der Waals surface area contributed by atoms with Gasteiger partial charge in [0.2, 0.25) is 0 Å². The molecule has 3 aromatic rings. The highest BCUT2D eigenvalue weighted by molar-refractivity contribution is 7.99. The number of carbonyl (C=O) groups is 2. The first-order valence-corrected chi connectivity index (χ1v) is 10.1. The van der Waals surface area contributed by atoms with Crippen LogP contribution < -0.4 is 0 Å². The van der Waals surface area contributed by atoms with Crippen molar-refractivity contribution in [2.75, 3.05) is 12.3 Å². The number of thioether (sulfide) groups is 1. The van der Waals surface area contributed by atoms with Gasteiger partial charge < -0.3 is 4.57 Å². The first-order valence-electron chi connectivity index (χ1n) is 9.11. The molecular formula is C21H20N4O2S. The molecule has 0 N–H and O–H groups in total. The Labute approximate surface area is 167 Å². The summed E-state index contributed by atoms with van der Waals surface area (Å²) < 4.78 is 1.98. The van der Waals surface area contributed by atoms with Gasteiger partial charge in [0, 0.05) is 24.9 Å². The molecule has 0 aliphatic carbocycles. The molecule has 142 valence electrons. The van der Waals surface area contributed by atoms with Crippen LogP contribution in [-0.4, -0.2) is 43.8 Å². The van der Waals surface area contributed by atoms with Gasteiger partial charge in [0.05, 0.1) is 11.1 Å². The molecule has 6 nitrogen and oxygen atoms in total. The van der Waals surface area contributed by atoms with Crippen LogP contribution in [0.2, 0.25) is 0 Å². The fraction of sp³-hybridized carbons (Fsp3) is 0.238. The second kappa shape index (κ2) is 7.59. The summed E-state index contributed by atoms with van der Waals surface area (Å²) in [6.45, 7) is 2.46. The van der Waals surface area contributed by atoms with Crippen LogP contribution >= 0.6 is 11.8 Å². The van der Waals surface area contributed by atoms with E-state index in [0.717, 1.165) is 27.9 Å². The number of nitrogens with zero attached hydrogens (tertiary/aromatic N) is 4. The highest BCUT2D eigenvalue weighted by Crippen LogP contribution is 2.26. The first-order chi connectivity index (χ1) is 13.6. The standard InChI is InChI=1S/C21H20N4O2S/c1-14-8-3-4-9-15(14)18-22-23-21(24(18)2)28-13-7-12-25-19(26)16-10-5-6-11-17(16)20(25)27/h3-6,8-11H,7,12-13H2,1-2H3. The van der Waals surface area contributed by atoms with E-state index in [1.54, 1.807) is 36.0 Å². The average molecular weight is 392 g/mol. The summed E-state index contributed by atoms with van der Waals surface area (Å²) in [5.41, 5.74) is 3.21. The summed E-state index contributed by atoms with van der Waals surface area (Å²) in [5, 5.41) is 9.44. The van der Waals surface area contributed by atoms with Crippen molar-refractivity contribution in [2.24, 2.45) is 7.05 Å². The van der Waals surface area contributed by atoms with E-state index in [-0.39, 0.29) is 11.8 Å². The van der Waals surface area contributed by atoms with Gasteiger partial charge in [0.25, 0.3) is 11.8 Å². The Kier molecular flexibility index (Phi) is 5.00. The van der Waals surface area contributed by atoms with Crippen LogP contribution in [-0.2, 0) is 7.05 Å². The number of fused-ring (bicyclic) bond motifs is 1. The Morgan fingerprint density at radius 2 is 1.50 bits per heavy atom. The Balaban J connectivity index is 1.36. The summed E-state index contributed by atoms with van der Waals surface area (Å²) >= 11 is 1.58. The molecule has 0 atom stereocenters. The van der Waals surface area contributed by atoms with Gasteiger partial charge in [0.1, 0.15) is 0 Å². The number of aryl methyl sites for hydroxylation is 1. The van der Waals surface area contributed by atoms with E-state index in [1.165, 1.54) is 4.90 Å². The normalized spacial score (nSPS) is 13.3. The Morgan fingerprint density at radius 1 is 0.893 bits per heavy atom. The van der Waals surface area contributed by atoms with E-state index in [4.69, 9.17) is 0 Å². The smallest absolute Gasteiger partial charge is 0.261 e. The predicted molar refractivity (Wildman–Crippen MR) is 108 cm³/mol. The minimum Gasteiger partial charge on any atom is -0.305 e. The van der Waals surface area contributed by atoms with E-state index >= 15 is 0 Å². The molecule has 2 heterocycles. The molecule has 0 unspecified atom stereocenters. The lowest BCUT2D eigenvalue weighted by Gasteiger charge is -2.13. The molecule has 2 aromatic carbocycles. The van der Waals surface area contributed by atoms with Crippen molar-refractivity contribution in [3.05, 3.63) is 65.2 Å². The summed E-state index contributed by atoms with van der Waals surface area (Å²) in [7, 11) is 1.95. The van der Waals surface area contributed by atoms with Gasteiger partial charge in [-0.2, -0.15) is 0 Å². The summed E-state index contributed by atoms with van der Waals surface area (Å²) in [6.07, 6.45) is 0.697. The fourth-order valence-corrected chi connectivity index (χ4v) is 4.16. The lowest BCUT2D eigenvalue weighted by Crippen LogP contribution is -2.31. The number of amides is 2. The molecule has 0 saturated carbocycles. The largest absolute Gasteiger partial charge is 0.305 e. The SMILES string of the molecule is Cc1ccccc1-c1nnc(SCCCN2C(=O)c3ccccc3C2=O)n1C. The molecule has 0 radical (unpaired) electrons. The fourth-order valence-electron chi connectivity index (χ4n) is 3.33. The molecule has 4 rings (SSSR count). The van der Waals surface area contributed by atoms with Crippen molar-refractivity contribution in [2.45, 2.75) is 18.5 Å². The second-order valence-electron chi connectivity index (χ2n) is 6.69. The topological polar surface area (TPSA) is 68.1 Å². The van der Waals surface area contributed by atoms with Crippen molar-refractivity contribution in [1.29, 1.82) is 0 Å². The summed E-state index contributed by atoms with van der Waals surface area (Å²) in [6, 6.07) is 15.1. The molecule has 2 amide bonds. The number of hydrogen-bond acceptors (Lipinski definition) is 5. The average Bonchev–Trinajstić information content (AvgIpc) is 3.18. The molecule has 1 aromatic heterocycles. The third-order valence-electron chi connectivity index (χ3n) is 4.86. The van der Waals surface area contributed by atoms with Crippen LogP contribution in [0, 0.1) is 6.92 Å². The van der Waals surface area contributed by atoms with E-state index in [2.05, 4.69) is 23.2 Å². The second-order valence-corrected chi connectivity index (χ2v) is 7.75. The van der Waals surface area contributed by atoms with Crippen LogP contribution in [0.1, 0.15) is 32.7 Å². The zero-order valence-corrected chi connectivity index (χ0v) is 16.6. The van der Waals surface area contributed by atoms with Crippen LogP contribution in [0.25, 0.3) is 11.4 Å². The van der Waals surface area contributed by atoms with Crippen LogP contribution in [0.4, 0.5) is 0 Å². The van der Waals surface area contributed by atoms with Crippen molar-refractivity contribution in [1.82, 2.24) is 19.7 Å². The number of rotatable bonds is 6. The molecule has 28 heavy (non-hydrogen) atoms. The Hall–Kier alpha value is -2.93. The number of hydrogen-bond donors (Lipinski definition) is 0. The van der Waals surface area contributed by atoms with E-state index in [9.17, 15) is 9.59 Å². The Morgan fingerprint density at radius 3 is 2.14 bits per heavy atom. The highest BCUT2D eigenvalue weighted by Gasteiger charge is 2.34. The van der Waals surface area contributed by atoms with Crippen LogP contribution in [0.3, 0.4) is 0 Å². The lowest BCUT2D eigenvalue weighted by atomic mass is 10.1. The third-order valence-corrected chi connectivity index (χ3v) is 5.96. The summed E-state index contributed by atoms with van der Waals surface area (Å²) in [4.78, 5) is 26.1. The third kappa shape index (κ3) is 3.22. The van der Waals surface area contributed by atoms with Gasteiger partial charge >= 0.3 is 0 Å². The van der Waals surface area contributed by atoms with Crippen molar-refractivity contribution in [3.8, 4) is 11.4 Å². The minimum atomic E-state index is -0.203. The zero-order valence-electron chi connectivity index (χ0n) is 15.8. The number of imide groups is 1. The van der Waals surface area contributed by atoms with E-state index < -0.39 is 0 Å². The Bertz CT molecular complexity index is 1030. The molecule has 0 fully saturated rings. The van der Waals surface area contributed by atoms with Crippen molar-refractivity contribution < 1.29 is 9.59 Å². The van der Waals surface area contributed by atoms with Crippen LogP contribution in [0.5, 0.6) is 0 Å². The van der Waals surface area contributed by atoms with Gasteiger partial charge in [-0.25, -0.2) is 0 Å². The van der Waals surface area contributed by atoms with Gasteiger partial charge in [-0.15, -0.1) is 10.2 Å². The molecule has 1 aliphatic heterocycles. The van der Waals surface area contributed by atoms with E-state index in [0.29, 0.717) is 24.1 Å². The maximum absolute atomic E-state index is 12.4. The first kappa shape index (κ1) is 18.4. The van der Waals surface area contributed by atoms with Gasteiger partial charge in [-0.1, -0.05) is 48.2 Å². The number of aromatic nitrogens is 3. The van der Waals surface area contributed by atoms with Crippen LogP contribution in [0.15, 0.2) is 53.7 Å². The van der Waals surface area contributed by atoms with E-state index in [1.807, 2.05) is 29.8 Å². The zero-order chi connectivity index (χ0) is 19.7. The molecule has 0 spiro atoms. The molecule has 1 aliphatic rings. The maximum atomic E-state index is 12.4. The molecular weight excluding hydrogens is 372 g/mol. The van der Waals surface area contributed by atoms with Gasteiger partial charge in [0.15, 0.2) is 11.0 Å². The molecule has 0 saturated heterocycles.